The summed E-state index contributed by atoms with van der Waals surface area (Å²) in [6, 6.07) is 3.68. The third-order valence-electron chi connectivity index (χ3n) is 2.96. The molecule has 1 N–H and O–H groups in total. The van der Waals surface area contributed by atoms with Crippen molar-refractivity contribution in [3.8, 4) is 0 Å². The molecule has 0 aliphatic heterocycles. The number of benzene rings is 1. The van der Waals surface area contributed by atoms with E-state index in [0.29, 0.717) is 13.1 Å². The smallest absolute Gasteiger partial charge is 0.336 e. The average Bonchev–Trinajstić information content (AvgIpc) is 2.39. The van der Waals surface area contributed by atoms with Gasteiger partial charge in [0.15, 0.2) is 9.84 Å². The Labute approximate surface area is 131 Å². The van der Waals surface area contributed by atoms with E-state index in [1.54, 1.807) is 13.8 Å². The van der Waals surface area contributed by atoms with Crippen LogP contribution in [0.15, 0.2) is 27.6 Å². The van der Waals surface area contributed by atoms with Crippen LogP contribution in [0.25, 0.3) is 0 Å². The Kier molecular flexibility index (Phi) is 5.91. The van der Waals surface area contributed by atoms with Gasteiger partial charge in [0, 0.05) is 17.6 Å². The lowest BCUT2D eigenvalue weighted by Crippen LogP contribution is -2.35. The van der Waals surface area contributed by atoms with Gasteiger partial charge in [-0.3, -0.25) is 4.79 Å². The highest BCUT2D eigenvalue weighted by atomic mass is 79.9. The summed E-state index contributed by atoms with van der Waals surface area (Å²) in [5.74, 6) is -2.41. The van der Waals surface area contributed by atoms with Crippen LogP contribution in [0.4, 0.5) is 0 Å². The molecule has 0 saturated heterocycles. The molecule has 0 bridgehead atoms. The molecule has 0 aliphatic rings. The van der Waals surface area contributed by atoms with Crippen molar-refractivity contribution in [2.75, 3.05) is 18.8 Å². The van der Waals surface area contributed by atoms with E-state index in [2.05, 4.69) is 15.9 Å². The predicted octanol–water partition coefficient (Wildman–Crippen LogP) is 1.79. The van der Waals surface area contributed by atoms with E-state index in [1.807, 2.05) is 0 Å². The van der Waals surface area contributed by atoms with Crippen molar-refractivity contribution < 1.29 is 23.1 Å². The summed E-state index contributed by atoms with van der Waals surface area (Å²) < 4.78 is 24.7. The molecule has 0 saturated carbocycles. The van der Waals surface area contributed by atoms with Crippen LogP contribution in [0, 0.1) is 0 Å². The number of carbonyl (C=O) groups is 2. The fourth-order valence-corrected chi connectivity index (χ4v) is 3.44. The molecular formula is C13H16BrNO5S. The molecule has 1 rings (SSSR count). The maximum absolute atomic E-state index is 12.2. The summed E-state index contributed by atoms with van der Waals surface area (Å²) in [7, 11) is -3.87. The van der Waals surface area contributed by atoms with Crippen LogP contribution in [0.1, 0.15) is 24.2 Å². The van der Waals surface area contributed by atoms with E-state index in [-0.39, 0.29) is 14.9 Å². The molecule has 8 heteroatoms. The molecule has 0 fully saturated rings. The van der Waals surface area contributed by atoms with Crippen molar-refractivity contribution in [2.24, 2.45) is 0 Å². The van der Waals surface area contributed by atoms with E-state index in [4.69, 9.17) is 5.11 Å². The highest BCUT2D eigenvalue weighted by molar-refractivity contribution is 9.10. The van der Waals surface area contributed by atoms with Crippen molar-refractivity contribution in [1.82, 2.24) is 4.90 Å². The van der Waals surface area contributed by atoms with Crippen LogP contribution >= 0.6 is 15.9 Å². The molecule has 21 heavy (non-hydrogen) atoms. The number of rotatable bonds is 6. The Hall–Kier alpha value is -1.41. The van der Waals surface area contributed by atoms with Gasteiger partial charge >= 0.3 is 5.97 Å². The standard InChI is InChI=1S/C13H16BrNO5S/c1-3-15(4-2)12(16)8-21(19,20)9-5-6-11(14)10(7-9)13(17)18/h5-7H,3-4,8H2,1-2H3,(H,17,18). The molecule has 6 nitrogen and oxygen atoms in total. The van der Waals surface area contributed by atoms with Gasteiger partial charge in [-0.1, -0.05) is 0 Å². The van der Waals surface area contributed by atoms with E-state index in [1.165, 1.54) is 17.0 Å². The van der Waals surface area contributed by atoms with E-state index in [0.717, 1.165) is 6.07 Å². The fraction of sp³-hybridized carbons (Fsp3) is 0.385. The molecule has 0 radical (unpaired) electrons. The third kappa shape index (κ3) is 4.28. The van der Waals surface area contributed by atoms with Crippen LogP contribution in [0.5, 0.6) is 0 Å². The molecule has 0 aromatic heterocycles. The lowest BCUT2D eigenvalue weighted by molar-refractivity contribution is -0.128. The van der Waals surface area contributed by atoms with Gasteiger partial charge in [0.05, 0.1) is 10.5 Å². The van der Waals surface area contributed by atoms with E-state index >= 15 is 0 Å². The molecular weight excluding hydrogens is 362 g/mol. The van der Waals surface area contributed by atoms with Crippen molar-refractivity contribution in [2.45, 2.75) is 18.7 Å². The van der Waals surface area contributed by atoms with Gasteiger partial charge in [0.25, 0.3) is 0 Å². The molecule has 0 aliphatic carbocycles. The number of sulfone groups is 1. The van der Waals surface area contributed by atoms with Crippen LogP contribution in [0.2, 0.25) is 0 Å². The lowest BCUT2D eigenvalue weighted by Gasteiger charge is -2.18. The zero-order chi connectivity index (χ0) is 16.2. The Morgan fingerprint density at radius 1 is 1.24 bits per heavy atom. The quantitative estimate of drug-likeness (QED) is 0.815. The summed E-state index contributed by atoms with van der Waals surface area (Å²) in [5, 5.41) is 9.00. The minimum Gasteiger partial charge on any atom is -0.478 e. The highest BCUT2D eigenvalue weighted by Gasteiger charge is 2.23. The number of carbonyl (C=O) groups excluding carboxylic acids is 1. The minimum absolute atomic E-state index is 0.161. The Morgan fingerprint density at radius 3 is 2.29 bits per heavy atom. The maximum atomic E-state index is 12.2. The molecule has 0 heterocycles. The van der Waals surface area contributed by atoms with Crippen molar-refractivity contribution in [3.63, 3.8) is 0 Å². The largest absolute Gasteiger partial charge is 0.478 e. The first-order valence-electron chi connectivity index (χ1n) is 6.26. The monoisotopic (exact) mass is 377 g/mol. The summed E-state index contributed by atoms with van der Waals surface area (Å²) in [5.41, 5.74) is -0.161. The number of aromatic carboxylic acids is 1. The number of hydrogen-bond donors (Lipinski definition) is 1. The molecule has 0 unspecified atom stereocenters. The number of carboxylic acid groups (broad SMARTS) is 1. The third-order valence-corrected chi connectivity index (χ3v) is 5.25. The SMILES string of the molecule is CCN(CC)C(=O)CS(=O)(=O)c1ccc(Br)c(C(=O)O)c1. The normalized spacial score (nSPS) is 11.2. The van der Waals surface area contributed by atoms with Gasteiger partial charge in [-0.25, -0.2) is 13.2 Å². The van der Waals surface area contributed by atoms with E-state index < -0.39 is 27.5 Å². The lowest BCUT2D eigenvalue weighted by atomic mass is 10.2. The Bertz CT molecular complexity index is 653. The second kappa shape index (κ2) is 7.04. The number of carboxylic acids is 1. The molecule has 0 atom stereocenters. The van der Waals surface area contributed by atoms with Crippen molar-refractivity contribution in [1.29, 1.82) is 0 Å². The second-order valence-electron chi connectivity index (χ2n) is 4.27. The zero-order valence-corrected chi connectivity index (χ0v) is 14.1. The van der Waals surface area contributed by atoms with Crippen LogP contribution in [-0.4, -0.2) is 49.1 Å². The van der Waals surface area contributed by atoms with Crippen LogP contribution < -0.4 is 0 Å². The highest BCUT2D eigenvalue weighted by Crippen LogP contribution is 2.22. The molecule has 1 aromatic rings. The number of amides is 1. The number of halogens is 1. The first-order valence-corrected chi connectivity index (χ1v) is 8.70. The zero-order valence-electron chi connectivity index (χ0n) is 11.7. The summed E-state index contributed by atoms with van der Waals surface area (Å²) in [6.45, 7) is 4.36. The van der Waals surface area contributed by atoms with Crippen molar-refractivity contribution in [3.05, 3.63) is 28.2 Å². The number of nitrogens with zero attached hydrogens (tertiary/aromatic N) is 1. The topological polar surface area (TPSA) is 91.8 Å². The van der Waals surface area contributed by atoms with Gasteiger partial charge in [-0.2, -0.15) is 0 Å². The minimum atomic E-state index is -3.87. The van der Waals surface area contributed by atoms with Gasteiger partial charge in [0.2, 0.25) is 5.91 Å². The fourth-order valence-electron chi connectivity index (χ4n) is 1.78. The first kappa shape index (κ1) is 17.6. The second-order valence-corrected chi connectivity index (χ2v) is 7.12. The molecule has 1 amide bonds. The maximum Gasteiger partial charge on any atom is 0.336 e. The molecule has 1 aromatic carbocycles. The van der Waals surface area contributed by atoms with E-state index in [9.17, 15) is 18.0 Å². The van der Waals surface area contributed by atoms with Crippen LogP contribution in [0.3, 0.4) is 0 Å². The molecule has 0 spiro atoms. The summed E-state index contributed by atoms with van der Waals surface area (Å²) >= 11 is 3.04. The summed E-state index contributed by atoms with van der Waals surface area (Å²) in [4.78, 5) is 24.2. The van der Waals surface area contributed by atoms with Gasteiger partial charge < -0.3 is 10.0 Å². The summed E-state index contributed by atoms with van der Waals surface area (Å²) in [6.07, 6.45) is 0. The Morgan fingerprint density at radius 2 is 1.81 bits per heavy atom. The van der Waals surface area contributed by atoms with Gasteiger partial charge in [0.1, 0.15) is 5.75 Å². The van der Waals surface area contributed by atoms with Crippen LogP contribution in [-0.2, 0) is 14.6 Å². The Balaban J connectivity index is 3.12. The molecule has 116 valence electrons. The number of hydrogen-bond acceptors (Lipinski definition) is 4. The first-order chi connectivity index (χ1) is 9.72. The average molecular weight is 378 g/mol. The van der Waals surface area contributed by atoms with Gasteiger partial charge in [-0.05, 0) is 48.0 Å². The van der Waals surface area contributed by atoms with Gasteiger partial charge in [-0.15, -0.1) is 0 Å². The van der Waals surface area contributed by atoms with Crippen molar-refractivity contribution >= 4 is 37.6 Å². The predicted molar refractivity (Wildman–Crippen MR) is 81.1 cm³/mol.